The normalized spacial score (nSPS) is 9.83. The van der Waals surface area contributed by atoms with Crippen molar-refractivity contribution in [2.45, 2.75) is 54.5 Å². The highest BCUT2D eigenvalue weighted by molar-refractivity contribution is 6.63. The molecule has 0 bridgehead atoms. The number of esters is 1. The van der Waals surface area contributed by atoms with Crippen LogP contribution in [0.15, 0.2) is 41.6 Å². The zero-order valence-corrected chi connectivity index (χ0v) is 19.6. The predicted molar refractivity (Wildman–Crippen MR) is 120 cm³/mol. The number of rotatable bonds is 7. The molecule has 0 spiro atoms. The fraction of sp³-hybridized carbons (Fsp3) is 0.545. The lowest BCUT2D eigenvalue weighted by Crippen LogP contribution is -2.16. The molecule has 0 atom stereocenters. The average molecular weight is 432 g/mol. The summed E-state index contributed by atoms with van der Waals surface area (Å²) in [5.41, 5.74) is 2.67. The quantitative estimate of drug-likeness (QED) is 0.377. The van der Waals surface area contributed by atoms with E-state index in [1.165, 1.54) is 19.1 Å². The molecule has 0 saturated carbocycles. The number of carbonyl (C=O) groups excluding carboxylic acids is 2. The van der Waals surface area contributed by atoms with E-state index in [0.717, 1.165) is 5.70 Å². The van der Waals surface area contributed by atoms with E-state index in [4.69, 9.17) is 21.4 Å². The van der Waals surface area contributed by atoms with Gasteiger partial charge in [-0.2, -0.15) is 0 Å². The first-order valence-corrected chi connectivity index (χ1v) is 10.0. The van der Waals surface area contributed by atoms with E-state index in [-0.39, 0.29) is 19.2 Å². The van der Waals surface area contributed by atoms with Gasteiger partial charge in [-0.15, -0.1) is 0 Å². The van der Waals surface area contributed by atoms with Gasteiger partial charge in [0, 0.05) is 26.0 Å². The number of halogens is 1. The highest BCUT2D eigenvalue weighted by Gasteiger charge is 2.08. The summed E-state index contributed by atoms with van der Waals surface area (Å²) in [5.74, 6) is -0.259. The lowest BCUT2D eigenvalue weighted by atomic mass is 10.2. The molecule has 29 heavy (non-hydrogen) atoms. The second-order valence-corrected chi connectivity index (χ2v) is 6.04. The fourth-order valence-corrected chi connectivity index (χ4v) is 1.58. The summed E-state index contributed by atoms with van der Waals surface area (Å²) in [6.07, 6.45) is 1.25. The Morgan fingerprint density at radius 2 is 1.55 bits per heavy atom. The van der Waals surface area contributed by atoms with Crippen molar-refractivity contribution in [2.75, 3.05) is 26.9 Å². The molecule has 1 aromatic rings. The standard InChI is InChI=1S/C14H19NO2.C3H5ClO2.C3H8.C2H6O/c1-4-17-14(16)11(2)12(3)15-10-13-8-6-5-7-9-13;1-6-2-3(4)5;1-3-2;1-2-3/h5-9,15H,4,10H2,1-3H3;2H2,1H3;3H2,1-2H3;3H,2H2,1H3/b12-11-;;;. The highest BCUT2D eigenvalue weighted by atomic mass is 35.5. The minimum Gasteiger partial charge on any atom is -0.463 e. The van der Waals surface area contributed by atoms with Crippen LogP contribution in [0.1, 0.15) is 53.5 Å². The summed E-state index contributed by atoms with van der Waals surface area (Å²) in [4.78, 5) is 21.2. The molecule has 0 aliphatic carbocycles. The summed E-state index contributed by atoms with van der Waals surface area (Å²) >= 11 is 4.81. The number of benzene rings is 1. The number of methoxy groups -OCH3 is 1. The molecule has 0 aliphatic heterocycles. The SMILES string of the molecule is CCC.CCO.CCOC(=O)/C(C)=C(/C)NCc1ccccc1.COCC(=O)Cl. The van der Waals surface area contributed by atoms with Gasteiger partial charge in [0.1, 0.15) is 6.61 Å². The summed E-state index contributed by atoms with van der Waals surface area (Å²) in [6.45, 7) is 12.8. The van der Waals surface area contributed by atoms with Crippen LogP contribution in [0.2, 0.25) is 0 Å². The van der Waals surface area contributed by atoms with Gasteiger partial charge in [-0.05, 0) is 44.9 Å². The largest absolute Gasteiger partial charge is 0.463 e. The first kappa shape index (κ1) is 31.8. The number of hydrogen-bond donors (Lipinski definition) is 2. The summed E-state index contributed by atoms with van der Waals surface area (Å²) in [7, 11) is 1.42. The van der Waals surface area contributed by atoms with Crippen molar-refractivity contribution in [3.63, 3.8) is 0 Å². The van der Waals surface area contributed by atoms with E-state index in [2.05, 4.69) is 23.9 Å². The van der Waals surface area contributed by atoms with Gasteiger partial charge in [-0.1, -0.05) is 50.6 Å². The van der Waals surface area contributed by atoms with Gasteiger partial charge in [0.15, 0.2) is 0 Å². The second kappa shape index (κ2) is 24.1. The van der Waals surface area contributed by atoms with Crippen LogP contribution in [-0.2, 0) is 25.6 Å². The van der Waals surface area contributed by atoms with Gasteiger partial charge >= 0.3 is 5.97 Å². The molecule has 0 saturated heterocycles. The third-order valence-electron chi connectivity index (χ3n) is 2.80. The minimum atomic E-state index is -0.461. The number of aliphatic hydroxyl groups excluding tert-OH is 1. The van der Waals surface area contributed by atoms with Crippen molar-refractivity contribution in [3.8, 4) is 0 Å². The third-order valence-corrected chi connectivity index (χ3v) is 2.91. The number of hydrogen-bond acceptors (Lipinski definition) is 6. The Balaban J connectivity index is -0.000000465. The molecule has 168 valence electrons. The number of allylic oxidation sites excluding steroid dienone is 1. The zero-order valence-electron chi connectivity index (χ0n) is 18.9. The summed E-state index contributed by atoms with van der Waals surface area (Å²) in [5, 5.41) is 10.3. The van der Waals surface area contributed by atoms with Gasteiger partial charge < -0.3 is 19.9 Å². The number of carbonyl (C=O) groups is 2. The second-order valence-electron chi connectivity index (χ2n) is 5.62. The van der Waals surface area contributed by atoms with E-state index >= 15 is 0 Å². The first-order chi connectivity index (χ1) is 13.7. The smallest absolute Gasteiger partial charge is 0.335 e. The van der Waals surface area contributed by atoms with E-state index in [1.807, 2.05) is 37.3 Å². The molecule has 1 rings (SSSR count). The molecule has 0 heterocycles. The summed E-state index contributed by atoms with van der Waals surface area (Å²) < 4.78 is 9.26. The first-order valence-electron chi connectivity index (χ1n) is 9.65. The molecule has 0 aliphatic rings. The van der Waals surface area contributed by atoms with Gasteiger partial charge in [0.2, 0.25) is 5.24 Å². The molecule has 6 nitrogen and oxygen atoms in total. The minimum absolute atomic E-state index is 0.00154. The van der Waals surface area contributed by atoms with Crippen LogP contribution in [0.25, 0.3) is 0 Å². The number of nitrogens with one attached hydrogen (secondary N) is 1. The third kappa shape index (κ3) is 24.1. The Labute approximate surface area is 181 Å². The van der Waals surface area contributed by atoms with Crippen molar-refractivity contribution >= 4 is 22.8 Å². The van der Waals surface area contributed by atoms with Crippen molar-refractivity contribution < 1.29 is 24.2 Å². The Morgan fingerprint density at radius 3 is 1.90 bits per heavy atom. The van der Waals surface area contributed by atoms with Crippen LogP contribution in [0, 0.1) is 0 Å². The van der Waals surface area contributed by atoms with E-state index < -0.39 is 5.24 Å². The molecular weight excluding hydrogens is 394 g/mol. The fourth-order valence-electron chi connectivity index (χ4n) is 1.47. The Morgan fingerprint density at radius 1 is 1.07 bits per heavy atom. The van der Waals surface area contributed by atoms with Crippen molar-refractivity contribution in [1.29, 1.82) is 0 Å². The van der Waals surface area contributed by atoms with Gasteiger partial charge in [0.05, 0.1) is 12.2 Å². The Kier molecular flexibility index (Phi) is 26.5. The Hall–Kier alpha value is -1.89. The molecule has 7 heteroatoms. The van der Waals surface area contributed by atoms with Gasteiger partial charge in [-0.25, -0.2) is 4.79 Å². The zero-order chi connectivity index (χ0) is 23.1. The molecule has 0 fully saturated rings. The molecule has 0 amide bonds. The lowest BCUT2D eigenvalue weighted by Gasteiger charge is -2.10. The van der Waals surface area contributed by atoms with Crippen LogP contribution >= 0.6 is 11.6 Å². The molecule has 0 unspecified atom stereocenters. The van der Waals surface area contributed by atoms with Crippen molar-refractivity contribution in [2.24, 2.45) is 0 Å². The monoisotopic (exact) mass is 431 g/mol. The van der Waals surface area contributed by atoms with Crippen LogP contribution in [0.5, 0.6) is 0 Å². The number of ether oxygens (including phenoxy) is 2. The van der Waals surface area contributed by atoms with Gasteiger partial charge in [0.25, 0.3) is 0 Å². The van der Waals surface area contributed by atoms with E-state index in [9.17, 15) is 9.59 Å². The van der Waals surface area contributed by atoms with Crippen LogP contribution < -0.4 is 5.32 Å². The highest BCUT2D eigenvalue weighted by Crippen LogP contribution is 2.05. The van der Waals surface area contributed by atoms with Crippen molar-refractivity contribution in [1.82, 2.24) is 5.32 Å². The summed E-state index contributed by atoms with van der Waals surface area (Å²) in [6, 6.07) is 10.1. The maximum Gasteiger partial charge on any atom is 0.335 e. The average Bonchev–Trinajstić information content (AvgIpc) is 2.68. The van der Waals surface area contributed by atoms with Crippen LogP contribution in [-0.4, -0.2) is 43.2 Å². The maximum absolute atomic E-state index is 11.5. The molecule has 0 aromatic heterocycles. The lowest BCUT2D eigenvalue weighted by molar-refractivity contribution is -0.138. The van der Waals surface area contributed by atoms with Crippen LogP contribution in [0.4, 0.5) is 0 Å². The molecule has 0 radical (unpaired) electrons. The van der Waals surface area contributed by atoms with Crippen LogP contribution in [0.3, 0.4) is 0 Å². The molecule has 2 N–H and O–H groups in total. The maximum atomic E-state index is 11.5. The predicted octanol–water partition coefficient (Wildman–Crippen LogP) is 4.45. The molecular formula is C22H38ClNO5. The van der Waals surface area contributed by atoms with E-state index in [1.54, 1.807) is 20.8 Å². The number of aliphatic hydroxyl groups is 1. The van der Waals surface area contributed by atoms with Crippen molar-refractivity contribution in [3.05, 3.63) is 47.2 Å². The topological polar surface area (TPSA) is 84.9 Å². The molecule has 1 aromatic carbocycles. The van der Waals surface area contributed by atoms with Gasteiger partial charge in [-0.3, -0.25) is 4.79 Å². The Bertz CT molecular complexity index is 545. The van der Waals surface area contributed by atoms with E-state index in [0.29, 0.717) is 18.7 Å².